The smallest absolute Gasteiger partial charge is 0.303 e. The van der Waals surface area contributed by atoms with Crippen LogP contribution in [0.5, 0.6) is 5.75 Å². The lowest BCUT2D eigenvalue weighted by Crippen LogP contribution is -2.18. The van der Waals surface area contributed by atoms with E-state index in [0.29, 0.717) is 30.2 Å². The van der Waals surface area contributed by atoms with Crippen LogP contribution in [0.25, 0.3) is 21.7 Å². The third kappa shape index (κ3) is 6.77. The first kappa shape index (κ1) is 27.2. The molecule has 1 heterocycles. The number of hydrogen-bond acceptors (Lipinski definition) is 4. The minimum Gasteiger partial charge on any atom is -0.487 e. The van der Waals surface area contributed by atoms with Gasteiger partial charge in [0.1, 0.15) is 12.4 Å². The molecule has 202 valence electrons. The van der Waals surface area contributed by atoms with Gasteiger partial charge in [-0.25, -0.2) is 4.98 Å². The average Bonchev–Trinajstić information content (AvgIpc) is 2.95. The number of anilines is 1. The molecule has 5 rings (SSSR count). The summed E-state index contributed by atoms with van der Waals surface area (Å²) in [4.78, 5) is 28.3. The zero-order valence-corrected chi connectivity index (χ0v) is 22.8. The van der Waals surface area contributed by atoms with Crippen molar-refractivity contribution < 1.29 is 19.4 Å². The highest BCUT2D eigenvalue weighted by atomic mass is 35.5. The monoisotopic (exact) mass is 552 g/mol. The van der Waals surface area contributed by atoms with Crippen LogP contribution in [0.3, 0.4) is 0 Å². The summed E-state index contributed by atoms with van der Waals surface area (Å²) in [6.07, 6.45) is 1.43. The van der Waals surface area contributed by atoms with E-state index in [-0.39, 0.29) is 18.2 Å². The largest absolute Gasteiger partial charge is 0.487 e. The normalized spacial score (nSPS) is 11.8. The Morgan fingerprint density at radius 2 is 1.62 bits per heavy atom. The Bertz CT molecular complexity index is 1680. The van der Waals surface area contributed by atoms with Crippen LogP contribution in [0.1, 0.15) is 42.5 Å². The van der Waals surface area contributed by atoms with E-state index in [1.54, 1.807) is 0 Å². The van der Waals surface area contributed by atoms with Crippen LogP contribution in [0.2, 0.25) is 5.02 Å². The van der Waals surface area contributed by atoms with E-state index in [9.17, 15) is 9.59 Å². The molecule has 4 aromatic carbocycles. The van der Waals surface area contributed by atoms with Gasteiger partial charge in [0.05, 0.1) is 17.1 Å². The number of carbonyl (C=O) groups excluding carboxylic acids is 1. The van der Waals surface area contributed by atoms with E-state index in [2.05, 4.69) is 10.3 Å². The zero-order chi connectivity index (χ0) is 28.1. The molecule has 1 amide bonds. The molecule has 6 nitrogen and oxygen atoms in total. The first-order valence-corrected chi connectivity index (χ1v) is 13.6. The molecule has 1 atom stereocenters. The molecule has 0 saturated carbocycles. The van der Waals surface area contributed by atoms with Crippen molar-refractivity contribution in [1.29, 1.82) is 0 Å². The Labute approximate surface area is 237 Å². The van der Waals surface area contributed by atoms with Crippen molar-refractivity contribution >= 4 is 50.8 Å². The summed E-state index contributed by atoms with van der Waals surface area (Å²) >= 11 is 6.10. The van der Waals surface area contributed by atoms with Crippen LogP contribution < -0.4 is 10.1 Å². The first-order chi connectivity index (χ1) is 19.3. The number of aliphatic carboxylic acids is 1. The van der Waals surface area contributed by atoms with E-state index in [0.717, 1.165) is 44.2 Å². The number of rotatable bonds is 10. The van der Waals surface area contributed by atoms with Crippen LogP contribution in [0.4, 0.5) is 5.69 Å². The predicted octanol–water partition coefficient (Wildman–Crippen LogP) is 7.77. The third-order valence-corrected chi connectivity index (χ3v) is 7.14. The summed E-state index contributed by atoms with van der Waals surface area (Å²) in [5.74, 6) is -0.489. The van der Waals surface area contributed by atoms with Gasteiger partial charge in [0.25, 0.3) is 0 Å². The van der Waals surface area contributed by atoms with E-state index in [1.807, 2.05) is 97.9 Å². The second-order valence-electron chi connectivity index (χ2n) is 9.85. The molecule has 7 heteroatoms. The fourth-order valence-electron chi connectivity index (χ4n) is 4.57. The second-order valence-corrected chi connectivity index (χ2v) is 10.3. The number of pyridine rings is 1. The Hall–Kier alpha value is -4.42. The average molecular weight is 553 g/mol. The molecular formula is C33H29ClN2O4. The number of amides is 1. The van der Waals surface area contributed by atoms with Crippen LogP contribution >= 0.6 is 11.6 Å². The highest BCUT2D eigenvalue weighted by molar-refractivity contribution is 6.31. The number of halogens is 1. The number of hydrogen-bond donors (Lipinski definition) is 2. The molecule has 0 aliphatic rings. The Morgan fingerprint density at radius 3 is 2.42 bits per heavy atom. The molecule has 1 aromatic heterocycles. The molecular weight excluding hydrogens is 524 g/mol. The lowest BCUT2D eigenvalue weighted by molar-refractivity contribution is -0.137. The topological polar surface area (TPSA) is 88.5 Å². The minimum atomic E-state index is -0.790. The minimum absolute atomic E-state index is 0.0953. The Kier molecular flexibility index (Phi) is 8.27. The molecule has 5 aromatic rings. The van der Waals surface area contributed by atoms with Gasteiger partial charge in [0.15, 0.2) is 0 Å². The zero-order valence-electron chi connectivity index (χ0n) is 22.1. The van der Waals surface area contributed by atoms with Crippen LogP contribution in [0, 0.1) is 0 Å². The summed E-state index contributed by atoms with van der Waals surface area (Å²) < 4.78 is 6.02. The van der Waals surface area contributed by atoms with E-state index in [4.69, 9.17) is 21.4 Å². The molecule has 1 unspecified atom stereocenters. The lowest BCUT2D eigenvalue weighted by atomic mass is 9.97. The number of fused-ring (bicyclic) bond motifs is 2. The molecule has 0 fully saturated rings. The van der Waals surface area contributed by atoms with Gasteiger partial charge < -0.3 is 15.2 Å². The first-order valence-electron chi connectivity index (χ1n) is 13.2. The number of nitrogens with one attached hydrogen (secondary N) is 1. The highest BCUT2D eigenvalue weighted by Crippen LogP contribution is 2.27. The summed E-state index contributed by atoms with van der Waals surface area (Å²) in [6, 6.07) is 29.1. The van der Waals surface area contributed by atoms with Crippen molar-refractivity contribution in [3.63, 3.8) is 0 Å². The predicted molar refractivity (Wildman–Crippen MR) is 159 cm³/mol. The molecule has 0 spiro atoms. The molecule has 2 N–H and O–H groups in total. The van der Waals surface area contributed by atoms with Crippen molar-refractivity contribution in [1.82, 2.24) is 4.98 Å². The SMILES string of the molecule is CC(C(=O)Nc1ccc(CCCC(=O)O)cc1)c1ccc2cc(OCc3ccc4ccc(Cl)cc4n3)ccc2c1. The summed E-state index contributed by atoms with van der Waals surface area (Å²) in [5, 5.41) is 15.5. The van der Waals surface area contributed by atoms with Crippen LogP contribution in [0.15, 0.2) is 91.0 Å². The van der Waals surface area contributed by atoms with Crippen LogP contribution in [-0.2, 0) is 22.6 Å². The van der Waals surface area contributed by atoms with Gasteiger partial charge in [-0.3, -0.25) is 9.59 Å². The molecule has 40 heavy (non-hydrogen) atoms. The second kappa shape index (κ2) is 12.2. The van der Waals surface area contributed by atoms with Gasteiger partial charge in [-0.15, -0.1) is 0 Å². The maximum Gasteiger partial charge on any atom is 0.303 e. The molecule has 0 radical (unpaired) electrons. The fraction of sp³-hybridized carbons (Fsp3) is 0.182. The Balaban J connectivity index is 1.20. The third-order valence-electron chi connectivity index (χ3n) is 6.91. The number of aryl methyl sites for hydroxylation is 1. The van der Waals surface area contributed by atoms with Gasteiger partial charge in [0.2, 0.25) is 5.91 Å². The molecule has 0 aliphatic carbocycles. The standard InChI is InChI=1S/C33H29ClN2O4/c1-21(33(39)36-28-13-5-22(6-14-28)3-2-4-32(37)38)24-7-8-26-18-30(16-11-25(26)17-24)40-20-29-15-10-23-9-12-27(34)19-31(23)35-29/h5-19,21H,2-4,20H2,1H3,(H,36,39)(H,37,38). The van der Waals surface area contributed by atoms with Gasteiger partial charge in [-0.2, -0.15) is 0 Å². The number of aromatic nitrogens is 1. The molecule has 0 saturated heterocycles. The number of nitrogens with zero attached hydrogens (tertiary/aromatic N) is 1. The quantitative estimate of drug-likeness (QED) is 0.185. The van der Waals surface area contributed by atoms with E-state index >= 15 is 0 Å². The van der Waals surface area contributed by atoms with E-state index in [1.165, 1.54) is 0 Å². The van der Waals surface area contributed by atoms with Crippen LogP contribution in [-0.4, -0.2) is 22.0 Å². The summed E-state index contributed by atoms with van der Waals surface area (Å²) in [5.41, 5.74) is 4.33. The number of carboxylic acids is 1. The van der Waals surface area contributed by atoms with Crippen molar-refractivity contribution in [2.75, 3.05) is 5.32 Å². The van der Waals surface area contributed by atoms with E-state index < -0.39 is 5.97 Å². The maximum absolute atomic E-state index is 12.9. The van der Waals surface area contributed by atoms with Crippen molar-refractivity contribution in [3.8, 4) is 5.75 Å². The van der Waals surface area contributed by atoms with Crippen molar-refractivity contribution in [2.24, 2.45) is 0 Å². The number of ether oxygens (including phenoxy) is 1. The number of carbonyl (C=O) groups is 2. The summed E-state index contributed by atoms with van der Waals surface area (Å²) in [7, 11) is 0. The number of carboxylic acid groups (broad SMARTS) is 1. The van der Waals surface area contributed by atoms with Gasteiger partial charge >= 0.3 is 5.97 Å². The molecule has 0 aliphatic heterocycles. The van der Waals surface area contributed by atoms with Crippen molar-refractivity contribution in [3.05, 3.63) is 113 Å². The lowest BCUT2D eigenvalue weighted by Gasteiger charge is -2.14. The maximum atomic E-state index is 12.9. The summed E-state index contributed by atoms with van der Waals surface area (Å²) in [6.45, 7) is 2.23. The van der Waals surface area contributed by atoms with Gasteiger partial charge in [0, 0.05) is 22.5 Å². The van der Waals surface area contributed by atoms with Gasteiger partial charge in [-0.05, 0) is 84.1 Å². The molecule has 0 bridgehead atoms. The highest BCUT2D eigenvalue weighted by Gasteiger charge is 2.16. The Morgan fingerprint density at radius 1 is 0.900 bits per heavy atom. The fourth-order valence-corrected chi connectivity index (χ4v) is 4.74. The van der Waals surface area contributed by atoms with Gasteiger partial charge in [-0.1, -0.05) is 60.1 Å². The van der Waals surface area contributed by atoms with Crippen molar-refractivity contribution in [2.45, 2.75) is 38.7 Å². The number of benzene rings is 4.